The molecule has 1 heteroatoms. The fourth-order valence-corrected chi connectivity index (χ4v) is 4.65. The van der Waals surface area contributed by atoms with Crippen LogP contribution in [0.5, 0.6) is 0 Å². The zero-order valence-corrected chi connectivity index (χ0v) is 16.1. The number of hydrogen-bond acceptors (Lipinski definition) is 1. The van der Waals surface area contributed by atoms with E-state index in [2.05, 4.69) is 31.7 Å². The highest BCUT2D eigenvalue weighted by Crippen LogP contribution is 2.37. The fraction of sp³-hybridized carbons (Fsp3) is 0.826. The standard InChI is InChI=1S/C23H40O/c1-3-5-7-19-24-23-17-15-22(16-18-23)14-13-21-11-9-20(10-12-21)8-6-4-2/h4-5,7,20-23H,2-3,6,8-19H2,1H3/b7-5+. The van der Waals surface area contributed by atoms with Crippen molar-refractivity contribution < 1.29 is 4.74 Å². The molecule has 2 rings (SSSR count). The molecule has 2 aliphatic rings. The Hall–Kier alpha value is -0.560. The van der Waals surface area contributed by atoms with E-state index in [9.17, 15) is 0 Å². The Labute approximate surface area is 150 Å². The molecule has 2 aliphatic carbocycles. The molecule has 0 aromatic heterocycles. The van der Waals surface area contributed by atoms with Crippen molar-refractivity contribution in [3.63, 3.8) is 0 Å². The number of allylic oxidation sites excluding steroid dienone is 2. The molecule has 0 radical (unpaired) electrons. The Morgan fingerprint density at radius 3 is 1.88 bits per heavy atom. The van der Waals surface area contributed by atoms with Gasteiger partial charge in [-0.2, -0.15) is 0 Å². The van der Waals surface area contributed by atoms with Crippen LogP contribution < -0.4 is 0 Å². The Morgan fingerprint density at radius 2 is 1.33 bits per heavy atom. The van der Waals surface area contributed by atoms with E-state index in [-0.39, 0.29) is 0 Å². The van der Waals surface area contributed by atoms with Crippen LogP contribution >= 0.6 is 0 Å². The zero-order valence-electron chi connectivity index (χ0n) is 16.1. The smallest absolute Gasteiger partial charge is 0.0651 e. The minimum Gasteiger partial charge on any atom is -0.374 e. The molecule has 0 aliphatic heterocycles. The second-order valence-electron chi connectivity index (χ2n) is 8.19. The molecule has 2 fully saturated rings. The predicted molar refractivity (Wildman–Crippen MR) is 105 cm³/mol. The average Bonchev–Trinajstić information content (AvgIpc) is 2.64. The first kappa shape index (κ1) is 19.8. The van der Waals surface area contributed by atoms with Gasteiger partial charge in [0.1, 0.15) is 0 Å². The normalized spacial score (nSPS) is 31.4. The maximum absolute atomic E-state index is 5.98. The third kappa shape index (κ3) is 7.55. The van der Waals surface area contributed by atoms with E-state index in [1.807, 2.05) is 0 Å². The maximum Gasteiger partial charge on any atom is 0.0651 e. The molecular formula is C23H40O. The van der Waals surface area contributed by atoms with Crippen molar-refractivity contribution in [3.05, 3.63) is 24.8 Å². The second kappa shape index (κ2) is 11.9. The SMILES string of the molecule is C=CCCC1CCC(CCC2CCC(OC/C=C/CC)CC2)CC1. The molecule has 0 atom stereocenters. The summed E-state index contributed by atoms with van der Waals surface area (Å²) in [5.41, 5.74) is 0. The van der Waals surface area contributed by atoms with E-state index < -0.39 is 0 Å². The van der Waals surface area contributed by atoms with Crippen molar-refractivity contribution in [2.24, 2.45) is 17.8 Å². The van der Waals surface area contributed by atoms with Crippen molar-refractivity contribution >= 4 is 0 Å². The molecule has 1 nitrogen and oxygen atoms in total. The first-order chi connectivity index (χ1) is 11.8. The van der Waals surface area contributed by atoms with Crippen LogP contribution in [0.15, 0.2) is 24.8 Å². The van der Waals surface area contributed by atoms with E-state index in [1.165, 1.54) is 77.0 Å². The van der Waals surface area contributed by atoms with Crippen LogP contribution in [-0.4, -0.2) is 12.7 Å². The van der Waals surface area contributed by atoms with Gasteiger partial charge < -0.3 is 4.74 Å². The molecule has 2 saturated carbocycles. The molecule has 138 valence electrons. The van der Waals surface area contributed by atoms with Crippen molar-refractivity contribution in [2.75, 3.05) is 6.61 Å². The molecule has 0 unspecified atom stereocenters. The van der Waals surface area contributed by atoms with E-state index in [1.54, 1.807) is 0 Å². The minimum atomic E-state index is 0.531. The van der Waals surface area contributed by atoms with Crippen molar-refractivity contribution in [1.82, 2.24) is 0 Å². The predicted octanol–water partition coefficient (Wildman–Crippen LogP) is 7.08. The molecule has 0 aromatic carbocycles. The Bertz CT molecular complexity index is 343. The highest BCUT2D eigenvalue weighted by Gasteiger charge is 2.24. The monoisotopic (exact) mass is 332 g/mol. The van der Waals surface area contributed by atoms with Gasteiger partial charge in [0.25, 0.3) is 0 Å². The van der Waals surface area contributed by atoms with Crippen LogP contribution in [0.2, 0.25) is 0 Å². The summed E-state index contributed by atoms with van der Waals surface area (Å²) < 4.78 is 5.98. The lowest BCUT2D eigenvalue weighted by Gasteiger charge is -2.32. The van der Waals surface area contributed by atoms with E-state index >= 15 is 0 Å². The lowest BCUT2D eigenvalue weighted by Crippen LogP contribution is -2.22. The fourth-order valence-electron chi connectivity index (χ4n) is 4.65. The van der Waals surface area contributed by atoms with Gasteiger partial charge in [0.15, 0.2) is 0 Å². The summed E-state index contributed by atoms with van der Waals surface area (Å²) in [4.78, 5) is 0. The lowest BCUT2D eigenvalue weighted by molar-refractivity contribution is 0.0324. The highest BCUT2D eigenvalue weighted by atomic mass is 16.5. The van der Waals surface area contributed by atoms with Crippen molar-refractivity contribution in [1.29, 1.82) is 0 Å². The molecule has 0 bridgehead atoms. The van der Waals surface area contributed by atoms with Crippen LogP contribution in [0.4, 0.5) is 0 Å². The van der Waals surface area contributed by atoms with Crippen LogP contribution in [0, 0.1) is 17.8 Å². The van der Waals surface area contributed by atoms with Crippen LogP contribution in [0.1, 0.15) is 90.4 Å². The molecule has 0 amide bonds. The largest absolute Gasteiger partial charge is 0.374 e. The lowest BCUT2D eigenvalue weighted by atomic mass is 9.76. The molecule has 0 N–H and O–H groups in total. The first-order valence-corrected chi connectivity index (χ1v) is 10.7. The summed E-state index contributed by atoms with van der Waals surface area (Å²) in [5.74, 6) is 3.00. The van der Waals surface area contributed by atoms with Crippen molar-refractivity contribution in [3.8, 4) is 0 Å². The molecule has 0 heterocycles. The van der Waals surface area contributed by atoms with Crippen molar-refractivity contribution in [2.45, 2.75) is 96.5 Å². The summed E-state index contributed by atoms with van der Waals surface area (Å²) in [5, 5.41) is 0. The highest BCUT2D eigenvalue weighted by molar-refractivity contribution is 4.82. The molecule has 0 saturated heterocycles. The summed E-state index contributed by atoms with van der Waals surface area (Å²) in [6.07, 6.45) is 25.0. The van der Waals surface area contributed by atoms with Crippen LogP contribution in [-0.2, 0) is 4.74 Å². The molecule has 0 aromatic rings. The third-order valence-corrected chi connectivity index (χ3v) is 6.35. The number of ether oxygens (including phenoxy) is 1. The molecule has 24 heavy (non-hydrogen) atoms. The van der Waals surface area contributed by atoms with Gasteiger partial charge in [0.2, 0.25) is 0 Å². The van der Waals surface area contributed by atoms with Crippen LogP contribution in [0.25, 0.3) is 0 Å². The third-order valence-electron chi connectivity index (χ3n) is 6.35. The van der Waals surface area contributed by atoms with Gasteiger partial charge in [-0.15, -0.1) is 6.58 Å². The number of rotatable bonds is 10. The Balaban J connectivity index is 1.52. The molecular weight excluding hydrogens is 292 g/mol. The van der Waals surface area contributed by atoms with Gasteiger partial charge in [0, 0.05) is 0 Å². The van der Waals surface area contributed by atoms with Gasteiger partial charge in [-0.25, -0.2) is 0 Å². The van der Waals surface area contributed by atoms with Gasteiger partial charge >= 0.3 is 0 Å². The minimum absolute atomic E-state index is 0.531. The zero-order chi connectivity index (χ0) is 17.0. The first-order valence-electron chi connectivity index (χ1n) is 10.7. The van der Waals surface area contributed by atoms with Gasteiger partial charge in [-0.05, 0) is 62.7 Å². The molecule has 0 spiro atoms. The van der Waals surface area contributed by atoms with Gasteiger partial charge in [-0.1, -0.05) is 63.7 Å². The summed E-state index contributed by atoms with van der Waals surface area (Å²) in [7, 11) is 0. The quantitative estimate of drug-likeness (QED) is 0.388. The summed E-state index contributed by atoms with van der Waals surface area (Å²) >= 11 is 0. The van der Waals surface area contributed by atoms with E-state index in [4.69, 9.17) is 4.74 Å². The topological polar surface area (TPSA) is 9.23 Å². The van der Waals surface area contributed by atoms with Gasteiger partial charge in [0.05, 0.1) is 12.7 Å². The Kier molecular flexibility index (Phi) is 9.80. The summed E-state index contributed by atoms with van der Waals surface area (Å²) in [6.45, 7) is 6.85. The Morgan fingerprint density at radius 1 is 0.792 bits per heavy atom. The van der Waals surface area contributed by atoms with E-state index in [0.717, 1.165) is 30.8 Å². The second-order valence-corrected chi connectivity index (χ2v) is 8.19. The maximum atomic E-state index is 5.98. The van der Waals surface area contributed by atoms with Gasteiger partial charge in [-0.3, -0.25) is 0 Å². The van der Waals surface area contributed by atoms with Crippen LogP contribution in [0.3, 0.4) is 0 Å². The number of hydrogen-bond donors (Lipinski definition) is 0. The average molecular weight is 333 g/mol. The summed E-state index contributed by atoms with van der Waals surface area (Å²) in [6, 6.07) is 0. The van der Waals surface area contributed by atoms with E-state index in [0.29, 0.717) is 6.10 Å².